The van der Waals surface area contributed by atoms with E-state index < -0.39 is 86.8 Å². The summed E-state index contributed by atoms with van der Waals surface area (Å²) in [5, 5.41) is 87.2. The van der Waals surface area contributed by atoms with E-state index >= 15 is 0 Å². The molecule has 0 aromatic heterocycles. The second kappa shape index (κ2) is 46.6. The van der Waals surface area contributed by atoms with Gasteiger partial charge in [0.1, 0.15) is 48.8 Å². The number of unbranched alkanes of at least 4 members (excludes halogenated alkanes) is 24. The van der Waals surface area contributed by atoms with Crippen LogP contribution in [0.25, 0.3) is 0 Å². The van der Waals surface area contributed by atoms with Crippen LogP contribution >= 0.6 is 0 Å². The molecule has 0 radical (unpaired) electrons. The lowest BCUT2D eigenvalue weighted by Crippen LogP contribution is -2.65. The van der Waals surface area contributed by atoms with Gasteiger partial charge >= 0.3 is 0 Å². The van der Waals surface area contributed by atoms with Gasteiger partial charge in [-0.25, -0.2) is 0 Å². The van der Waals surface area contributed by atoms with Gasteiger partial charge in [0.05, 0.1) is 32.0 Å². The quantitative estimate of drug-likeness (QED) is 0.0204. The monoisotopic (exact) mass is 1060 g/mol. The van der Waals surface area contributed by atoms with E-state index in [1.165, 1.54) is 109 Å². The molecule has 12 atom stereocenters. The molecule has 0 saturated carbocycles. The summed E-state index contributed by atoms with van der Waals surface area (Å²) in [6, 6.07) is -0.832. The Morgan fingerprint density at radius 2 is 0.920 bits per heavy atom. The molecule has 436 valence electrons. The highest BCUT2D eigenvalue weighted by atomic mass is 16.7. The lowest BCUT2D eigenvalue weighted by Gasteiger charge is -2.46. The molecule has 2 saturated heterocycles. The highest BCUT2D eigenvalue weighted by Crippen LogP contribution is 2.30. The van der Waals surface area contributed by atoms with Crippen LogP contribution in [0.5, 0.6) is 0 Å². The van der Waals surface area contributed by atoms with Crippen LogP contribution in [0.15, 0.2) is 60.8 Å². The van der Waals surface area contributed by atoms with Gasteiger partial charge in [0.2, 0.25) is 5.91 Å². The topological polar surface area (TPSA) is 228 Å². The molecule has 0 aromatic rings. The first-order chi connectivity index (χ1) is 36.6. The second-order valence-electron chi connectivity index (χ2n) is 21.1. The zero-order valence-electron chi connectivity index (χ0n) is 46.8. The van der Waals surface area contributed by atoms with Crippen molar-refractivity contribution < 1.29 is 64.6 Å². The van der Waals surface area contributed by atoms with Crippen molar-refractivity contribution in [3.05, 3.63) is 60.8 Å². The van der Waals surface area contributed by atoms with E-state index in [9.17, 15) is 45.6 Å². The number of hydrogen-bond donors (Lipinski definition) is 9. The van der Waals surface area contributed by atoms with Crippen molar-refractivity contribution >= 4 is 5.91 Å². The number of hydrogen-bond acceptors (Lipinski definition) is 13. The van der Waals surface area contributed by atoms with Crippen molar-refractivity contribution in [1.29, 1.82) is 0 Å². The first kappa shape index (κ1) is 68.8. The Balaban J connectivity index is 1.71. The molecule has 2 heterocycles. The Kier molecular flexibility index (Phi) is 42.7. The number of nitrogens with one attached hydrogen (secondary N) is 1. The average molecular weight is 1060 g/mol. The first-order valence-corrected chi connectivity index (χ1v) is 30.0. The Hall–Kier alpha value is -2.31. The zero-order valence-corrected chi connectivity index (χ0v) is 46.8. The molecule has 14 heteroatoms. The van der Waals surface area contributed by atoms with Crippen LogP contribution in [0.3, 0.4) is 0 Å². The van der Waals surface area contributed by atoms with Gasteiger partial charge in [-0.15, -0.1) is 0 Å². The van der Waals surface area contributed by atoms with Crippen molar-refractivity contribution in [3.63, 3.8) is 0 Å². The van der Waals surface area contributed by atoms with E-state index in [1.807, 2.05) is 0 Å². The van der Waals surface area contributed by atoms with E-state index in [2.05, 4.69) is 79.9 Å². The van der Waals surface area contributed by atoms with E-state index in [-0.39, 0.29) is 12.5 Å². The van der Waals surface area contributed by atoms with Crippen LogP contribution < -0.4 is 5.32 Å². The minimum absolute atomic E-state index is 0.212. The van der Waals surface area contributed by atoms with Crippen LogP contribution in [-0.2, 0) is 23.7 Å². The van der Waals surface area contributed by atoms with Crippen molar-refractivity contribution in [2.75, 3.05) is 19.8 Å². The average Bonchev–Trinajstić information content (AvgIpc) is 3.41. The smallest absolute Gasteiger partial charge is 0.220 e. The van der Waals surface area contributed by atoms with Crippen molar-refractivity contribution in [2.45, 2.75) is 299 Å². The highest BCUT2D eigenvalue weighted by molar-refractivity contribution is 5.76. The molecular weight excluding hydrogens is 955 g/mol. The molecule has 0 bridgehead atoms. The largest absolute Gasteiger partial charge is 0.394 e. The Labute approximate surface area is 454 Å². The molecule has 2 aliphatic rings. The molecule has 14 nitrogen and oxygen atoms in total. The number of carbonyl (C=O) groups is 1. The molecule has 9 N–H and O–H groups in total. The number of aliphatic hydroxyl groups excluding tert-OH is 8. The SMILES string of the molecule is CC/C=C\C/C=C\C/C=C\C/C=C\C/C=C\CCCCCCCCCCCCCC(=O)NC(COC1OC(CO)C(OC2OC(CO)C(O)C(O)C2O)C(O)C1O)C(O)CCCCCCCCCCCCCCCC. The summed E-state index contributed by atoms with van der Waals surface area (Å²) in [5.41, 5.74) is 0. The fourth-order valence-electron chi connectivity index (χ4n) is 9.68. The number of carbonyl (C=O) groups excluding carboxylic acids is 1. The van der Waals surface area contributed by atoms with Gasteiger partial charge in [-0.2, -0.15) is 0 Å². The van der Waals surface area contributed by atoms with Gasteiger partial charge in [-0.3, -0.25) is 4.79 Å². The van der Waals surface area contributed by atoms with Crippen LogP contribution in [-0.4, -0.2) is 140 Å². The Morgan fingerprint density at radius 1 is 0.493 bits per heavy atom. The maximum absolute atomic E-state index is 13.3. The van der Waals surface area contributed by atoms with Gasteiger partial charge in [0, 0.05) is 6.42 Å². The van der Waals surface area contributed by atoms with Gasteiger partial charge in [-0.1, -0.05) is 222 Å². The van der Waals surface area contributed by atoms with Crippen LogP contribution in [0, 0.1) is 0 Å². The van der Waals surface area contributed by atoms with Gasteiger partial charge < -0.3 is 65.1 Å². The molecule has 0 spiro atoms. The standard InChI is InChI=1S/C61H109NO13/c1-3-5-7-9-11-13-15-17-19-20-21-22-23-24-25-26-27-28-29-30-31-33-35-37-39-41-43-45-53(66)62-49(50(65)44-42-40-38-36-34-32-18-16-14-12-10-8-6-4-2)48-72-60-58(71)56(69)59(52(47-64)74-60)75-61-57(70)55(68)54(67)51(46-63)73-61/h5,7,11,13,17,19,21-22,24-25,49-52,54-61,63-65,67-71H,3-4,6,8-10,12,14-16,18,20,23,26-48H2,1-2H3,(H,62,66)/b7-5-,13-11-,19-17-,22-21-,25-24-. The summed E-state index contributed by atoms with van der Waals surface area (Å²) >= 11 is 0. The molecule has 12 unspecified atom stereocenters. The third kappa shape index (κ3) is 32.4. The lowest BCUT2D eigenvalue weighted by atomic mass is 9.97. The molecule has 1 amide bonds. The minimum atomic E-state index is -1.78. The van der Waals surface area contributed by atoms with Crippen LogP contribution in [0.1, 0.15) is 226 Å². The third-order valence-corrected chi connectivity index (χ3v) is 14.5. The summed E-state index contributed by atoms with van der Waals surface area (Å²) < 4.78 is 22.8. The fraction of sp³-hybridized carbons (Fsp3) is 0.820. The maximum atomic E-state index is 13.3. The van der Waals surface area contributed by atoms with Gasteiger partial charge in [0.25, 0.3) is 0 Å². The van der Waals surface area contributed by atoms with E-state index in [0.29, 0.717) is 12.8 Å². The molecule has 0 aromatic carbocycles. The summed E-state index contributed by atoms with van der Waals surface area (Å²) in [6.45, 7) is 2.74. The van der Waals surface area contributed by atoms with Gasteiger partial charge in [0.15, 0.2) is 12.6 Å². The second-order valence-corrected chi connectivity index (χ2v) is 21.1. The first-order valence-electron chi connectivity index (χ1n) is 30.0. The summed E-state index contributed by atoms with van der Waals surface area (Å²) in [4.78, 5) is 13.3. The zero-order chi connectivity index (χ0) is 54.6. The fourth-order valence-corrected chi connectivity index (χ4v) is 9.68. The minimum Gasteiger partial charge on any atom is -0.394 e. The normalized spacial score (nSPS) is 25.5. The summed E-state index contributed by atoms with van der Waals surface area (Å²) in [6.07, 6.45) is 42.2. The molecule has 2 rings (SSSR count). The predicted octanol–water partition coefficient (Wildman–Crippen LogP) is 10.2. The van der Waals surface area contributed by atoms with Crippen LogP contribution in [0.2, 0.25) is 0 Å². The van der Waals surface area contributed by atoms with E-state index in [0.717, 1.165) is 89.9 Å². The molecule has 2 aliphatic heterocycles. The summed E-state index contributed by atoms with van der Waals surface area (Å²) in [5.74, 6) is -0.212. The van der Waals surface area contributed by atoms with Crippen molar-refractivity contribution in [1.82, 2.24) is 5.32 Å². The predicted molar refractivity (Wildman–Crippen MR) is 300 cm³/mol. The maximum Gasteiger partial charge on any atom is 0.220 e. The molecular formula is C61H109NO13. The molecule has 75 heavy (non-hydrogen) atoms. The van der Waals surface area contributed by atoms with Gasteiger partial charge in [-0.05, 0) is 57.8 Å². The van der Waals surface area contributed by atoms with Crippen LogP contribution in [0.4, 0.5) is 0 Å². The van der Waals surface area contributed by atoms with Crippen molar-refractivity contribution in [3.8, 4) is 0 Å². The van der Waals surface area contributed by atoms with Crippen molar-refractivity contribution in [2.24, 2.45) is 0 Å². The molecule has 0 aliphatic carbocycles. The van der Waals surface area contributed by atoms with E-state index in [1.54, 1.807) is 0 Å². The number of rotatable bonds is 47. The number of allylic oxidation sites excluding steroid dienone is 10. The van der Waals surface area contributed by atoms with E-state index in [4.69, 9.17) is 18.9 Å². The third-order valence-electron chi connectivity index (χ3n) is 14.5. The highest BCUT2D eigenvalue weighted by Gasteiger charge is 2.51. The lowest BCUT2D eigenvalue weighted by molar-refractivity contribution is -0.359. The molecule has 2 fully saturated rings. The summed E-state index contributed by atoms with van der Waals surface area (Å²) in [7, 11) is 0. The Morgan fingerprint density at radius 3 is 1.41 bits per heavy atom. The number of amides is 1. The number of ether oxygens (including phenoxy) is 4. The Bertz CT molecular complexity index is 1490. The number of aliphatic hydroxyl groups is 8.